The summed E-state index contributed by atoms with van der Waals surface area (Å²) in [5.41, 5.74) is 3.51. The van der Waals surface area contributed by atoms with Crippen molar-refractivity contribution in [2.75, 3.05) is 0 Å². The van der Waals surface area contributed by atoms with Crippen molar-refractivity contribution in [1.29, 1.82) is 0 Å². The van der Waals surface area contributed by atoms with Crippen molar-refractivity contribution < 1.29 is 4.79 Å². The molecule has 6 heteroatoms. The molecule has 0 aliphatic heterocycles. The third kappa shape index (κ3) is 3.97. The molecule has 134 valence electrons. The van der Waals surface area contributed by atoms with E-state index in [-0.39, 0.29) is 5.91 Å². The molecule has 1 amide bonds. The predicted molar refractivity (Wildman–Crippen MR) is 111 cm³/mol. The monoisotopic (exact) mass is 391 g/mol. The van der Waals surface area contributed by atoms with Gasteiger partial charge in [-0.05, 0) is 6.92 Å². The topological polar surface area (TPSA) is 54.9 Å². The first-order valence-electron chi connectivity index (χ1n) is 8.51. The fourth-order valence-electron chi connectivity index (χ4n) is 2.64. The van der Waals surface area contributed by atoms with Crippen molar-refractivity contribution in [3.63, 3.8) is 0 Å². The lowest BCUT2D eigenvalue weighted by molar-refractivity contribution is 0.0947. The molecule has 0 saturated carbocycles. The quantitative estimate of drug-likeness (QED) is 0.510. The van der Waals surface area contributed by atoms with E-state index < -0.39 is 0 Å². The molecule has 0 saturated heterocycles. The van der Waals surface area contributed by atoms with Gasteiger partial charge in [0.25, 0.3) is 5.91 Å². The van der Waals surface area contributed by atoms with Gasteiger partial charge in [-0.15, -0.1) is 22.7 Å². The Hall–Kier alpha value is -2.83. The summed E-state index contributed by atoms with van der Waals surface area (Å²) in [5.74, 6) is -0.164. The number of rotatable bonds is 5. The maximum Gasteiger partial charge on any atom is 0.271 e. The van der Waals surface area contributed by atoms with Gasteiger partial charge in [-0.1, -0.05) is 60.7 Å². The molecular formula is C21H17N3OS2. The lowest BCUT2D eigenvalue weighted by Crippen LogP contribution is -2.22. The predicted octanol–water partition coefficient (Wildman–Crippen LogP) is 5.17. The SMILES string of the molecule is Cc1nc(-c2ccccc2)sc1CNC(=O)c1csc(-c2ccccc2)n1. The summed E-state index contributed by atoms with van der Waals surface area (Å²) < 4.78 is 0. The van der Waals surface area contributed by atoms with E-state index in [2.05, 4.69) is 15.3 Å². The van der Waals surface area contributed by atoms with Crippen molar-refractivity contribution in [1.82, 2.24) is 15.3 Å². The number of thiazole rings is 2. The average Bonchev–Trinajstić information content (AvgIpc) is 3.35. The summed E-state index contributed by atoms with van der Waals surface area (Å²) in [5, 5.41) is 6.58. The van der Waals surface area contributed by atoms with E-state index in [1.807, 2.05) is 67.6 Å². The molecule has 2 aromatic heterocycles. The number of benzene rings is 2. The highest BCUT2D eigenvalue weighted by Crippen LogP contribution is 2.28. The lowest BCUT2D eigenvalue weighted by Gasteiger charge is -2.01. The summed E-state index contributed by atoms with van der Waals surface area (Å²) >= 11 is 3.08. The Morgan fingerprint density at radius 1 is 0.926 bits per heavy atom. The van der Waals surface area contributed by atoms with Crippen molar-refractivity contribution in [2.24, 2.45) is 0 Å². The molecule has 2 heterocycles. The first-order chi connectivity index (χ1) is 13.2. The Labute approximate surface area is 165 Å². The zero-order valence-corrected chi connectivity index (χ0v) is 16.3. The summed E-state index contributed by atoms with van der Waals surface area (Å²) in [6, 6.07) is 20.0. The summed E-state index contributed by atoms with van der Waals surface area (Å²) in [6.07, 6.45) is 0. The average molecular weight is 392 g/mol. The van der Waals surface area contributed by atoms with Gasteiger partial charge in [-0.2, -0.15) is 0 Å². The number of nitrogens with one attached hydrogen (secondary N) is 1. The molecule has 0 spiro atoms. The normalized spacial score (nSPS) is 10.7. The van der Waals surface area contributed by atoms with Gasteiger partial charge in [-0.25, -0.2) is 9.97 Å². The smallest absolute Gasteiger partial charge is 0.271 e. The van der Waals surface area contributed by atoms with Crippen LogP contribution < -0.4 is 5.32 Å². The van der Waals surface area contributed by atoms with Gasteiger partial charge in [0.2, 0.25) is 0 Å². The number of nitrogens with zero attached hydrogens (tertiary/aromatic N) is 2. The van der Waals surface area contributed by atoms with E-state index in [0.717, 1.165) is 31.7 Å². The molecule has 0 unspecified atom stereocenters. The van der Waals surface area contributed by atoms with E-state index in [1.54, 1.807) is 16.7 Å². The number of aryl methyl sites for hydroxylation is 1. The number of carbonyl (C=O) groups is 1. The van der Waals surface area contributed by atoms with Crippen LogP contribution in [0.4, 0.5) is 0 Å². The largest absolute Gasteiger partial charge is 0.346 e. The van der Waals surface area contributed by atoms with Crippen molar-refractivity contribution in [2.45, 2.75) is 13.5 Å². The maximum atomic E-state index is 12.5. The first kappa shape index (κ1) is 17.6. The second kappa shape index (κ2) is 7.82. The highest BCUT2D eigenvalue weighted by Gasteiger charge is 2.14. The van der Waals surface area contributed by atoms with Gasteiger partial charge in [0, 0.05) is 21.4 Å². The number of aromatic nitrogens is 2. The van der Waals surface area contributed by atoms with E-state index in [1.165, 1.54) is 11.3 Å². The van der Waals surface area contributed by atoms with Crippen LogP contribution in [-0.2, 0) is 6.54 Å². The third-order valence-electron chi connectivity index (χ3n) is 4.08. The van der Waals surface area contributed by atoms with E-state index in [4.69, 9.17) is 0 Å². The zero-order valence-electron chi connectivity index (χ0n) is 14.7. The highest BCUT2D eigenvalue weighted by atomic mass is 32.1. The Bertz CT molecular complexity index is 1060. The molecule has 0 radical (unpaired) electrons. The molecule has 27 heavy (non-hydrogen) atoms. The molecule has 0 aliphatic carbocycles. The van der Waals surface area contributed by atoms with Crippen LogP contribution in [-0.4, -0.2) is 15.9 Å². The minimum absolute atomic E-state index is 0.164. The molecule has 0 atom stereocenters. The summed E-state index contributed by atoms with van der Waals surface area (Å²) in [4.78, 5) is 22.6. The van der Waals surface area contributed by atoms with Crippen LogP contribution in [0.5, 0.6) is 0 Å². The second-order valence-corrected chi connectivity index (χ2v) is 7.92. The Kier molecular flexibility index (Phi) is 5.09. The Morgan fingerprint density at radius 2 is 1.56 bits per heavy atom. The van der Waals surface area contributed by atoms with Gasteiger partial charge in [0.15, 0.2) is 0 Å². The Morgan fingerprint density at radius 3 is 2.22 bits per heavy atom. The maximum absolute atomic E-state index is 12.5. The number of hydrogen-bond acceptors (Lipinski definition) is 5. The number of hydrogen-bond donors (Lipinski definition) is 1. The standard InChI is InChI=1S/C21H17N3OS2/c1-14-18(27-21(23-14)16-10-6-3-7-11-16)12-22-19(25)17-13-26-20(24-17)15-8-4-2-5-9-15/h2-11,13H,12H2,1H3,(H,22,25). The molecule has 4 aromatic rings. The Balaban J connectivity index is 1.44. The molecule has 4 rings (SSSR count). The molecule has 1 N–H and O–H groups in total. The third-order valence-corrected chi connectivity index (χ3v) is 6.18. The summed E-state index contributed by atoms with van der Waals surface area (Å²) in [6.45, 7) is 2.42. The number of carbonyl (C=O) groups excluding carboxylic acids is 1. The molecular weight excluding hydrogens is 374 g/mol. The molecule has 0 bridgehead atoms. The molecule has 0 fully saturated rings. The van der Waals surface area contributed by atoms with Crippen LogP contribution in [0.15, 0.2) is 66.0 Å². The van der Waals surface area contributed by atoms with Crippen molar-refractivity contribution in [3.05, 3.63) is 82.3 Å². The number of amides is 1. The summed E-state index contributed by atoms with van der Waals surface area (Å²) in [7, 11) is 0. The highest BCUT2D eigenvalue weighted by molar-refractivity contribution is 7.15. The van der Waals surface area contributed by atoms with Gasteiger partial charge in [0.05, 0.1) is 12.2 Å². The molecule has 4 nitrogen and oxygen atoms in total. The lowest BCUT2D eigenvalue weighted by atomic mass is 10.2. The van der Waals surface area contributed by atoms with E-state index in [0.29, 0.717) is 12.2 Å². The van der Waals surface area contributed by atoms with Gasteiger partial charge in [0.1, 0.15) is 15.7 Å². The fraction of sp³-hybridized carbons (Fsp3) is 0.0952. The van der Waals surface area contributed by atoms with Crippen LogP contribution >= 0.6 is 22.7 Å². The van der Waals surface area contributed by atoms with Crippen LogP contribution in [0.2, 0.25) is 0 Å². The molecule has 2 aromatic carbocycles. The van der Waals surface area contributed by atoms with E-state index in [9.17, 15) is 4.79 Å². The van der Waals surface area contributed by atoms with Gasteiger partial charge >= 0.3 is 0 Å². The zero-order chi connectivity index (χ0) is 18.6. The first-order valence-corrected chi connectivity index (χ1v) is 10.2. The fourth-order valence-corrected chi connectivity index (χ4v) is 4.45. The van der Waals surface area contributed by atoms with Crippen molar-refractivity contribution in [3.8, 4) is 21.1 Å². The van der Waals surface area contributed by atoms with Gasteiger partial charge < -0.3 is 5.32 Å². The second-order valence-electron chi connectivity index (χ2n) is 5.98. The van der Waals surface area contributed by atoms with Crippen LogP contribution in [0.25, 0.3) is 21.1 Å². The minimum Gasteiger partial charge on any atom is -0.346 e. The molecule has 0 aliphatic rings. The van der Waals surface area contributed by atoms with Crippen LogP contribution in [0.1, 0.15) is 21.1 Å². The van der Waals surface area contributed by atoms with Crippen LogP contribution in [0, 0.1) is 6.92 Å². The van der Waals surface area contributed by atoms with Crippen LogP contribution in [0.3, 0.4) is 0 Å². The minimum atomic E-state index is -0.164. The van der Waals surface area contributed by atoms with Gasteiger partial charge in [-0.3, -0.25) is 4.79 Å². The van der Waals surface area contributed by atoms with Crippen molar-refractivity contribution >= 4 is 28.6 Å². The van der Waals surface area contributed by atoms with E-state index >= 15 is 0 Å².